The molecule has 2 heteroatoms. The van der Waals surface area contributed by atoms with Crippen molar-refractivity contribution in [1.82, 2.24) is 10.2 Å². The lowest BCUT2D eigenvalue weighted by Gasteiger charge is -2.35. The summed E-state index contributed by atoms with van der Waals surface area (Å²) < 4.78 is 0. The Morgan fingerprint density at radius 3 is 2.27 bits per heavy atom. The molecule has 0 heterocycles. The molecule has 0 bridgehead atoms. The molecule has 0 fully saturated rings. The van der Waals surface area contributed by atoms with Crippen molar-refractivity contribution in [3.8, 4) is 0 Å². The van der Waals surface area contributed by atoms with E-state index in [1.54, 1.807) is 0 Å². The third-order valence-electron chi connectivity index (χ3n) is 3.46. The molecule has 0 amide bonds. The van der Waals surface area contributed by atoms with E-state index in [0.29, 0.717) is 12.0 Å². The molecule has 1 N–H and O–H groups in total. The first-order valence-corrected chi connectivity index (χ1v) is 5.83. The zero-order valence-electron chi connectivity index (χ0n) is 11.3. The highest BCUT2D eigenvalue weighted by atomic mass is 15.2. The summed E-state index contributed by atoms with van der Waals surface area (Å²) in [5.41, 5.74) is 0.210. The van der Waals surface area contributed by atoms with Gasteiger partial charge in [-0.25, -0.2) is 0 Å². The summed E-state index contributed by atoms with van der Waals surface area (Å²) >= 11 is 0. The Bertz CT molecular complexity index is 185. The Morgan fingerprint density at radius 2 is 1.87 bits per heavy atom. The maximum Gasteiger partial charge on any atom is 0.0271 e. The van der Waals surface area contributed by atoms with Crippen molar-refractivity contribution in [2.45, 2.75) is 45.7 Å². The minimum Gasteiger partial charge on any atom is -0.312 e. The Balaban J connectivity index is 3.99. The molecule has 2 atom stereocenters. The van der Waals surface area contributed by atoms with Gasteiger partial charge in [0.05, 0.1) is 0 Å². The van der Waals surface area contributed by atoms with Crippen LogP contribution in [0.15, 0.2) is 12.7 Å². The number of allylic oxidation sites excluding steroid dienone is 1. The van der Waals surface area contributed by atoms with Gasteiger partial charge in [0.1, 0.15) is 0 Å². The van der Waals surface area contributed by atoms with Crippen LogP contribution in [0.5, 0.6) is 0 Å². The second-order valence-electron chi connectivity index (χ2n) is 5.38. The number of hydrogen-bond acceptors (Lipinski definition) is 2. The van der Waals surface area contributed by atoms with Crippen molar-refractivity contribution < 1.29 is 0 Å². The fraction of sp³-hybridized carbons (Fsp3) is 0.846. The van der Waals surface area contributed by atoms with Gasteiger partial charge in [-0.05, 0) is 47.2 Å². The summed E-state index contributed by atoms with van der Waals surface area (Å²) in [4.78, 5) is 2.25. The van der Waals surface area contributed by atoms with Gasteiger partial charge in [-0.15, -0.1) is 6.58 Å². The number of rotatable bonds is 7. The van der Waals surface area contributed by atoms with Crippen LogP contribution in [0.4, 0.5) is 0 Å². The van der Waals surface area contributed by atoms with Crippen molar-refractivity contribution in [2.75, 3.05) is 20.6 Å². The SMILES string of the molecule is C=CCC(C)C(C)NCC(C)(C)N(C)C. The van der Waals surface area contributed by atoms with Crippen LogP contribution >= 0.6 is 0 Å². The van der Waals surface area contributed by atoms with Crippen molar-refractivity contribution in [3.63, 3.8) is 0 Å². The zero-order valence-corrected chi connectivity index (χ0v) is 11.3. The molecule has 0 aliphatic carbocycles. The van der Waals surface area contributed by atoms with Crippen LogP contribution in [0, 0.1) is 5.92 Å². The second kappa shape index (κ2) is 6.29. The molecule has 0 aromatic carbocycles. The molecule has 0 radical (unpaired) electrons. The largest absolute Gasteiger partial charge is 0.312 e. The predicted octanol–water partition coefficient (Wildman–Crippen LogP) is 2.52. The van der Waals surface area contributed by atoms with E-state index in [0.717, 1.165) is 13.0 Å². The Kier molecular flexibility index (Phi) is 6.15. The summed E-state index contributed by atoms with van der Waals surface area (Å²) in [5.74, 6) is 0.653. The monoisotopic (exact) mass is 212 g/mol. The van der Waals surface area contributed by atoms with Crippen molar-refractivity contribution in [1.29, 1.82) is 0 Å². The van der Waals surface area contributed by atoms with E-state index in [2.05, 4.69) is 58.6 Å². The summed E-state index contributed by atoms with van der Waals surface area (Å²) in [6.45, 7) is 13.8. The molecule has 0 aliphatic rings. The van der Waals surface area contributed by atoms with E-state index in [1.165, 1.54) is 0 Å². The average molecular weight is 212 g/mol. The molecule has 15 heavy (non-hydrogen) atoms. The second-order valence-corrected chi connectivity index (χ2v) is 5.38. The zero-order chi connectivity index (χ0) is 12.1. The minimum atomic E-state index is 0.210. The van der Waals surface area contributed by atoms with Gasteiger partial charge in [0.25, 0.3) is 0 Å². The molecule has 0 aromatic rings. The van der Waals surface area contributed by atoms with Gasteiger partial charge < -0.3 is 10.2 Å². The van der Waals surface area contributed by atoms with Gasteiger partial charge >= 0.3 is 0 Å². The van der Waals surface area contributed by atoms with E-state index in [-0.39, 0.29) is 5.54 Å². The summed E-state index contributed by atoms with van der Waals surface area (Å²) in [7, 11) is 4.25. The Hall–Kier alpha value is -0.340. The molecule has 0 spiro atoms. The molecular formula is C13H28N2. The Morgan fingerprint density at radius 1 is 1.33 bits per heavy atom. The van der Waals surface area contributed by atoms with Crippen LogP contribution in [0.2, 0.25) is 0 Å². The lowest BCUT2D eigenvalue weighted by molar-refractivity contribution is 0.180. The summed E-state index contributed by atoms with van der Waals surface area (Å²) in [6.07, 6.45) is 3.08. The smallest absolute Gasteiger partial charge is 0.0271 e. The number of nitrogens with one attached hydrogen (secondary N) is 1. The van der Waals surface area contributed by atoms with Gasteiger partial charge in [0, 0.05) is 18.1 Å². The first-order chi connectivity index (χ1) is 6.81. The maximum atomic E-state index is 3.78. The minimum absolute atomic E-state index is 0.210. The molecule has 90 valence electrons. The number of nitrogens with zero attached hydrogens (tertiary/aromatic N) is 1. The lowest BCUT2D eigenvalue weighted by atomic mass is 9.98. The normalized spacial score (nSPS) is 16.5. The van der Waals surface area contributed by atoms with E-state index < -0.39 is 0 Å². The highest BCUT2D eigenvalue weighted by Crippen LogP contribution is 2.12. The molecule has 0 rings (SSSR count). The molecule has 0 aliphatic heterocycles. The third-order valence-corrected chi connectivity index (χ3v) is 3.46. The number of hydrogen-bond donors (Lipinski definition) is 1. The summed E-state index contributed by atoms with van der Waals surface area (Å²) in [5, 5.41) is 3.60. The fourth-order valence-corrected chi connectivity index (χ4v) is 1.24. The predicted molar refractivity (Wildman–Crippen MR) is 69.2 cm³/mol. The van der Waals surface area contributed by atoms with Gasteiger partial charge in [-0.2, -0.15) is 0 Å². The number of likely N-dealkylation sites (N-methyl/N-ethyl adjacent to an activating group) is 1. The van der Waals surface area contributed by atoms with Crippen LogP contribution in [-0.2, 0) is 0 Å². The lowest BCUT2D eigenvalue weighted by Crippen LogP contribution is -2.49. The maximum absolute atomic E-state index is 3.78. The molecule has 0 saturated carbocycles. The van der Waals surface area contributed by atoms with Gasteiger partial charge in [-0.3, -0.25) is 0 Å². The quantitative estimate of drug-likeness (QED) is 0.652. The standard InChI is InChI=1S/C13H28N2/c1-8-9-11(2)12(3)14-10-13(4,5)15(6)7/h8,11-12,14H,1,9-10H2,2-7H3. The molecule has 0 saturated heterocycles. The first kappa shape index (κ1) is 14.7. The van der Waals surface area contributed by atoms with Crippen LogP contribution in [0.25, 0.3) is 0 Å². The molecular weight excluding hydrogens is 184 g/mol. The van der Waals surface area contributed by atoms with Gasteiger partial charge in [0.2, 0.25) is 0 Å². The van der Waals surface area contributed by atoms with E-state index in [9.17, 15) is 0 Å². The van der Waals surface area contributed by atoms with Gasteiger partial charge in [-0.1, -0.05) is 13.0 Å². The van der Waals surface area contributed by atoms with Crippen molar-refractivity contribution >= 4 is 0 Å². The third kappa shape index (κ3) is 5.33. The van der Waals surface area contributed by atoms with Crippen LogP contribution in [0.3, 0.4) is 0 Å². The van der Waals surface area contributed by atoms with Crippen molar-refractivity contribution in [3.05, 3.63) is 12.7 Å². The van der Waals surface area contributed by atoms with Crippen LogP contribution in [0.1, 0.15) is 34.1 Å². The molecule has 2 nitrogen and oxygen atoms in total. The summed E-state index contributed by atoms with van der Waals surface area (Å²) in [6, 6.07) is 0.544. The average Bonchev–Trinajstić information content (AvgIpc) is 2.14. The van der Waals surface area contributed by atoms with E-state index in [1.807, 2.05) is 6.08 Å². The van der Waals surface area contributed by atoms with Crippen LogP contribution < -0.4 is 5.32 Å². The highest BCUT2D eigenvalue weighted by Gasteiger charge is 2.21. The Labute approximate surface area is 95.7 Å². The topological polar surface area (TPSA) is 15.3 Å². The molecule has 0 aromatic heterocycles. The van der Waals surface area contributed by atoms with Crippen molar-refractivity contribution in [2.24, 2.45) is 5.92 Å². The van der Waals surface area contributed by atoms with Crippen LogP contribution in [-0.4, -0.2) is 37.1 Å². The highest BCUT2D eigenvalue weighted by molar-refractivity contribution is 4.83. The fourth-order valence-electron chi connectivity index (χ4n) is 1.24. The molecule has 2 unspecified atom stereocenters. The first-order valence-electron chi connectivity index (χ1n) is 5.83. The van der Waals surface area contributed by atoms with E-state index in [4.69, 9.17) is 0 Å². The van der Waals surface area contributed by atoms with E-state index >= 15 is 0 Å². The van der Waals surface area contributed by atoms with Gasteiger partial charge in [0.15, 0.2) is 0 Å².